The number of carbonyl (C=O) groups excluding carboxylic acids is 1. The minimum atomic E-state index is -0.218. The van der Waals surface area contributed by atoms with Gasteiger partial charge < -0.3 is 0 Å². The van der Waals surface area contributed by atoms with E-state index in [-0.39, 0.29) is 5.91 Å². The van der Waals surface area contributed by atoms with Crippen molar-refractivity contribution >= 4 is 5.91 Å². The molecule has 0 radical (unpaired) electrons. The van der Waals surface area contributed by atoms with Crippen LogP contribution in [0.1, 0.15) is 10.4 Å². The number of pyridine rings is 1. The summed E-state index contributed by atoms with van der Waals surface area (Å²) in [5.41, 5.74) is 2.36. The summed E-state index contributed by atoms with van der Waals surface area (Å²) >= 11 is 0. The minimum Gasteiger partial charge on any atom is -0.274 e. The molecule has 18 heavy (non-hydrogen) atoms. The number of benzene rings is 1. The van der Waals surface area contributed by atoms with E-state index in [0.29, 0.717) is 5.56 Å². The standard InChI is InChI=1S/C14H14N2O2/c1-16(18-2)14(17)12-8-9-13(15-10-12)11-6-4-3-5-7-11/h3-10H,1-2H3. The predicted molar refractivity (Wildman–Crippen MR) is 68.8 cm³/mol. The molecule has 0 aliphatic carbocycles. The van der Waals surface area contributed by atoms with Crippen molar-refractivity contribution in [2.24, 2.45) is 0 Å². The molecule has 0 bridgehead atoms. The van der Waals surface area contributed by atoms with Gasteiger partial charge in [-0.3, -0.25) is 14.6 Å². The van der Waals surface area contributed by atoms with Crippen LogP contribution in [0.4, 0.5) is 0 Å². The first-order valence-corrected chi connectivity index (χ1v) is 5.56. The normalized spacial score (nSPS) is 10.1. The van der Waals surface area contributed by atoms with Crippen LogP contribution < -0.4 is 0 Å². The quantitative estimate of drug-likeness (QED) is 0.776. The smallest absolute Gasteiger partial charge is 0.274 e. The maximum Gasteiger partial charge on any atom is 0.278 e. The zero-order valence-corrected chi connectivity index (χ0v) is 10.3. The van der Waals surface area contributed by atoms with E-state index in [4.69, 9.17) is 4.84 Å². The van der Waals surface area contributed by atoms with Crippen LogP contribution in [0.15, 0.2) is 48.7 Å². The second-order valence-electron chi connectivity index (χ2n) is 3.78. The third kappa shape index (κ3) is 2.55. The Morgan fingerprint density at radius 2 is 1.89 bits per heavy atom. The van der Waals surface area contributed by atoms with E-state index in [0.717, 1.165) is 11.3 Å². The summed E-state index contributed by atoms with van der Waals surface area (Å²) in [6.07, 6.45) is 1.56. The van der Waals surface area contributed by atoms with Crippen molar-refractivity contribution in [1.29, 1.82) is 0 Å². The molecule has 92 valence electrons. The molecule has 1 aromatic heterocycles. The highest BCUT2D eigenvalue weighted by Crippen LogP contribution is 2.16. The number of rotatable bonds is 3. The second kappa shape index (κ2) is 5.42. The summed E-state index contributed by atoms with van der Waals surface area (Å²) < 4.78 is 0. The van der Waals surface area contributed by atoms with E-state index in [2.05, 4.69) is 4.98 Å². The topological polar surface area (TPSA) is 42.4 Å². The maximum atomic E-state index is 11.8. The average Bonchev–Trinajstić information content (AvgIpc) is 2.47. The molecule has 0 aliphatic rings. The lowest BCUT2D eigenvalue weighted by atomic mass is 10.1. The van der Waals surface area contributed by atoms with Crippen LogP contribution in [-0.2, 0) is 4.84 Å². The van der Waals surface area contributed by atoms with Crippen molar-refractivity contribution in [3.63, 3.8) is 0 Å². The Kier molecular flexibility index (Phi) is 3.69. The molecule has 0 spiro atoms. The maximum absolute atomic E-state index is 11.8. The highest BCUT2D eigenvalue weighted by Gasteiger charge is 2.11. The summed E-state index contributed by atoms with van der Waals surface area (Å²) in [5.74, 6) is -0.218. The summed E-state index contributed by atoms with van der Waals surface area (Å²) in [5, 5.41) is 1.17. The fourth-order valence-electron chi connectivity index (χ4n) is 1.56. The number of aromatic nitrogens is 1. The molecule has 4 heteroatoms. The van der Waals surface area contributed by atoms with Crippen molar-refractivity contribution in [2.75, 3.05) is 14.2 Å². The van der Waals surface area contributed by atoms with Crippen LogP contribution in [0.3, 0.4) is 0 Å². The Morgan fingerprint density at radius 1 is 1.17 bits per heavy atom. The molecule has 1 amide bonds. The Balaban J connectivity index is 2.23. The number of carbonyl (C=O) groups is 1. The molecule has 2 rings (SSSR count). The lowest BCUT2D eigenvalue weighted by Gasteiger charge is -2.13. The molecule has 0 saturated carbocycles. The van der Waals surface area contributed by atoms with Crippen LogP contribution in [0.5, 0.6) is 0 Å². The van der Waals surface area contributed by atoms with Crippen LogP contribution in [0.25, 0.3) is 11.3 Å². The van der Waals surface area contributed by atoms with E-state index < -0.39 is 0 Å². The highest BCUT2D eigenvalue weighted by molar-refractivity contribution is 5.93. The van der Waals surface area contributed by atoms with Gasteiger partial charge in [-0.2, -0.15) is 0 Å². The van der Waals surface area contributed by atoms with E-state index in [1.54, 1.807) is 19.3 Å². The fraction of sp³-hybridized carbons (Fsp3) is 0.143. The second-order valence-corrected chi connectivity index (χ2v) is 3.78. The summed E-state index contributed by atoms with van der Waals surface area (Å²) in [6, 6.07) is 13.4. The summed E-state index contributed by atoms with van der Waals surface area (Å²) in [6.45, 7) is 0. The van der Waals surface area contributed by atoms with Gasteiger partial charge in [0.15, 0.2) is 0 Å². The van der Waals surface area contributed by atoms with Gasteiger partial charge in [0.2, 0.25) is 0 Å². The summed E-state index contributed by atoms with van der Waals surface area (Å²) in [4.78, 5) is 20.9. The van der Waals surface area contributed by atoms with Crippen molar-refractivity contribution in [3.05, 3.63) is 54.2 Å². The first kappa shape index (κ1) is 12.3. The molecule has 1 aromatic carbocycles. The molecule has 0 atom stereocenters. The Hall–Kier alpha value is -2.20. The lowest BCUT2D eigenvalue weighted by molar-refractivity contribution is -0.0757. The molecule has 0 unspecified atom stereocenters. The van der Waals surface area contributed by atoms with E-state index in [1.165, 1.54) is 12.2 Å². The SMILES string of the molecule is CON(C)C(=O)c1ccc(-c2ccccc2)nc1. The van der Waals surface area contributed by atoms with Gasteiger partial charge in [0.25, 0.3) is 5.91 Å². The molecular weight excluding hydrogens is 228 g/mol. The molecule has 2 aromatic rings. The van der Waals surface area contributed by atoms with Gasteiger partial charge >= 0.3 is 0 Å². The van der Waals surface area contributed by atoms with Crippen LogP contribution in [0, 0.1) is 0 Å². The third-order valence-electron chi connectivity index (χ3n) is 2.64. The van der Waals surface area contributed by atoms with Gasteiger partial charge in [-0.15, -0.1) is 0 Å². The lowest BCUT2D eigenvalue weighted by Crippen LogP contribution is -2.25. The van der Waals surface area contributed by atoms with Gasteiger partial charge in [-0.1, -0.05) is 30.3 Å². The minimum absolute atomic E-state index is 0.218. The molecule has 1 heterocycles. The van der Waals surface area contributed by atoms with Crippen molar-refractivity contribution in [3.8, 4) is 11.3 Å². The van der Waals surface area contributed by atoms with Crippen molar-refractivity contribution in [1.82, 2.24) is 10.0 Å². The fourth-order valence-corrected chi connectivity index (χ4v) is 1.56. The van der Waals surface area contributed by atoms with Gasteiger partial charge in [-0.25, -0.2) is 5.06 Å². The Bertz CT molecular complexity index is 523. The van der Waals surface area contributed by atoms with Crippen LogP contribution in [0.2, 0.25) is 0 Å². The van der Waals surface area contributed by atoms with E-state index in [1.807, 2.05) is 36.4 Å². The molecule has 0 N–H and O–H groups in total. The number of nitrogens with zero attached hydrogens (tertiary/aromatic N) is 2. The largest absolute Gasteiger partial charge is 0.278 e. The van der Waals surface area contributed by atoms with Gasteiger partial charge in [0, 0.05) is 18.8 Å². The average molecular weight is 242 g/mol. The number of amides is 1. The van der Waals surface area contributed by atoms with Crippen LogP contribution >= 0.6 is 0 Å². The van der Waals surface area contributed by atoms with Crippen molar-refractivity contribution < 1.29 is 9.63 Å². The molecular formula is C14H14N2O2. The molecule has 0 fully saturated rings. The molecule has 0 saturated heterocycles. The van der Waals surface area contributed by atoms with Gasteiger partial charge in [0.05, 0.1) is 18.4 Å². The summed E-state index contributed by atoms with van der Waals surface area (Å²) in [7, 11) is 3.01. The number of hydrogen-bond acceptors (Lipinski definition) is 3. The van der Waals surface area contributed by atoms with Gasteiger partial charge in [0.1, 0.15) is 0 Å². The zero-order valence-electron chi connectivity index (χ0n) is 10.3. The van der Waals surface area contributed by atoms with Crippen LogP contribution in [-0.4, -0.2) is 30.1 Å². The number of hydrogen-bond donors (Lipinski definition) is 0. The monoisotopic (exact) mass is 242 g/mol. The van der Waals surface area contributed by atoms with E-state index >= 15 is 0 Å². The predicted octanol–water partition coefficient (Wildman–Crippen LogP) is 2.38. The Labute approximate surface area is 106 Å². The molecule has 4 nitrogen and oxygen atoms in total. The third-order valence-corrected chi connectivity index (χ3v) is 2.64. The van der Waals surface area contributed by atoms with E-state index in [9.17, 15) is 4.79 Å². The first-order valence-electron chi connectivity index (χ1n) is 5.56. The molecule has 0 aliphatic heterocycles. The van der Waals surface area contributed by atoms with Gasteiger partial charge in [-0.05, 0) is 12.1 Å². The zero-order chi connectivity index (χ0) is 13.0. The van der Waals surface area contributed by atoms with Crippen molar-refractivity contribution in [2.45, 2.75) is 0 Å². The highest BCUT2D eigenvalue weighted by atomic mass is 16.7. The Morgan fingerprint density at radius 3 is 2.44 bits per heavy atom. The number of hydroxylamine groups is 2. The first-order chi connectivity index (χ1) is 8.72.